The minimum absolute atomic E-state index is 0.167. The number of carbonyl (C=O) groups is 4. The molecule has 0 aliphatic carbocycles. The van der Waals surface area contributed by atoms with Crippen LogP contribution in [0.25, 0.3) is 10.8 Å². The van der Waals surface area contributed by atoms with E-state index in [4.69, 9.17) is 20.4 Å². The molecule has 2 atom stereocenters. The van der Waals surface area contributed by atoms with Crippen molar-refractivity contribution in [1.29, 1.82) is 0 Å². The SMILES string of the molecule is CC(=O)O.CC(C)COC(=O)N[C@@H](C(=O)N1CCC[C@H]1C(=O)NCc1ccc2c(N)nccc2c1)c1ccccc1. The maximum Gasteiger partial charge on any atom is 0.408 e. The molecule has 2 aromatic carbocycles. The molecule has 1 fully saturated rings. The lowest BCUT2D eigenvalue weighted by Crippen LogP contribution is -2.50. The number of hydrogen-bond donors (Lipinski definition) is 4. The third kappa shape index (κ3) is 8.92. The van der Waals surface area contributed by atoms with Crippen molar-refractivity contribution >= 4 is 40.5 Å². The Balaban J connectivity index is 0.00000108. The monoisotopic (exact) mass is 563 g/mol. The number of likely N-dealkylation sites (tertiary alicyclic amines) is 1. The van der Waals surface area contributed by atoms with Crippen LogP contribution >= 0.6 is 0 Å². The number of nitrogens with two attached hydrogens (primary N) is 1. The molecule has 0 saturated carbocycles. The second kappa shape index (κ2) is 14.6. The number of ether oxygens (including phenoxy) is 1. The second-order valence-electron chi connectivity index (χ2n) is 10.2. The van der Waals surface area contributed by atoms with Crippen LogP contribution in [0.5, 0.6) is 0 Å². The Morgan fingerprint density at radius 1 is 1.12 bits per heavy atom. The molecule has 3 amide bonds. The number of alkyl carbamates (subject to hydrolysis) is 1. The van der Waals surface area contributed by atoms with Gasteiger partial charge in [0.1, 0.15) is 17.9 Å². The van der Waals surface area contributed by atoms with Gasteiger partial charge in [0.05, 0.1) is 6.61 Å². The number of benzene rings is 2. The highest BCUT2D eigenvalue weighted by atomic mass is 16.5. The van der Waals surface area contributed by atoms with E-state index < -0.39 is 24.1 Å². The summed E-state index contributed by atoms with van der Waals surface area (Å²) in [6.07, 6.45) is 2.24. The fourth-order valence-corrected chi connectivity index (χ4v) is 4.47. The van der Waals surface area contributed by atoms with Crippen LogP contribution in [0.15, 0.2) is 60.8 Å². The van der Waals surface area contributed by atoms with Gasteiger partial charge in [-0.05, 0) is 47.4 Å². The van der Waals surface area contributed by atoms with E-state index in [1.54, 1.807) is 35.4 Å². The lowest BCUT2D eigenvalue weighted by atomic mass is 10.0. The van der Waals surface area contributed by atoms with Crippen molar-refractivity contribution in [2.24, 2.45) is 5.92 Å². The predicted octanol–water partition coefficient (Wildman–Crippen LogP) is 3.64. The van der Waals surface area contributed by atoms with E-state index in [0.29, 0.717) is 37.3 Å². The van der Waals surface area contributed by atoms with Crippen molar-refractivity contribution in [1.82, 2.24) is 20.5 Å². The number of nitrogen functional groups attached to an aromatic ring is 1. The van der Waals surface area contributed by atoms with E-state index in [9.17, 15) is 14.4 Å². The number of amides is 3. The van der Waals surface area contributed by atoms with Crippen LogP contribution in [0, 0.1) is 5.92 Å². The van der Waals surface area contributed by atoms with E-state index in [1.807, 2.05) is 44.2 Å². The number of aliphatic carboxylic acids is 1. The number of nitrogens with one attached hydrogen (secondary N) is 2. The molecule has 0 unspecified atom stereocenters. The molecule has 1 aliphatic heterocycles. The third-order valence-electron chi connectivity index (χ3n) is 6.35. The molecular formula is C30H37N5O6. The zero-order chi connectivity index (χ0) is 29.9. The summed E-state index contributed by atoms with van der Waals surface area (Å²) >= 11 is 0. The summed E-state index contributed by atoms with van der Waals surface area (Å²) in [5.74, 6) is -0.767. The molecule has 41 heavy (non-hydrogen) atoms. The van der Waals surface area contributed by atoms with Gasteiger partial charge in [0.25, 0.3) is 11.9 Å². The zero-order valence-electron chi connectivity index (χ0n) is 23.5. The molecule has 1 aromatic heterocycles. The molecule has 0 spiro atoms. The maximum absolute atomic E-state index is 13.6. The minimum atomic E-state index is -0.950. The lowest BCUT2D eigenvalue weighted by Gasteiger charge is -2.29. The quantitative estimate of drug-likeness (QED) is 0.323. The number of rotatable bonds is 8. The van der Waals surface area contributed by atoms with Gasteiger partial charge in [-0.25, -0.2) is 9.78 Å². The molecule has 218 valence electrons. The molecule has 11 heteroatoms. The molecule has 5 N–H and O–H groups in total. The van der Waals surface area contributed by atoms with Crippen molar-refractivity contribution < 1.29 is 29.0 Å². The van der Waals surface area contributed by atoms with Crippen molar-refractivity contribution in [3.63, 3.8) is 0 Å². The number of carboxylic acids is 1. The summed E-state index contributed by atoms with van der Waals surface area (Å²) < 4.78 is 5.26. The summed E-state index contributed by atoms with van der Waals surface area (Å²) in [5, 5.41) is 14.9. The Morgan fingerprint density at radius 3 is 2.51 bits per heavy atom. The summed E-state index contributed by atoms with van der Waals surface area (Å²) in [6.45, 7) is 5.95. The number of carboxylic acid groups (broad SMARTS) is 1. The van der Waals surface area contributed by atoms with E-state index >= 15 is 0 Å². The maximum atomic E-state index is 13.6. The van der Waals surface area contributed by atoms with Gasteiger partial charge in [0.15, 0.2) is 0 Å². The standard InChI is InChI=1S/C28H33N5O4.C2H4O2/c1-18(2)17-37-28(36)32-24(20-7-4-3-5-8-20)27(35)33-14-6-9-23(33)26(34)31-16-19-10-11-22-21(15-19)12-13-30-25(22)29;1-2(3)4/h3-5,7-8,10-13,15,18,23-24H,6,9,14,16-17H2,1-2H3,(H2,29,30)(H,31,34)(H,32,36);1H3,(H,3,4)/t23-,24+;/m0./s1. The summed E-state index contributed by atoms with van der Waals surface area (Å²) in [5.41, 5.74) is 7.47. The number of anilines is 1. The number of aromatic nitrogens is 1. The summed E-state index contributed by atoms with van der Waals surface area (Å²) in [4.78, 5) is 53.9. The highest BCUT2D eigenvalue weighted by Crippen LogP contribution is 2.25. The fraction of sp³-hybridized carbons (Fsp3) is 0.367. The van der Waals surface area contributed by atoms with Gasteiger partial charge in [0.2, 0.25) is 5.91 Å². The minimum Gasteiger partial charge on any atom is -0.481 e. The van der Waals surface area contributed by atoms with Gasteiger partial charge in [0, 0.05) is 31.6 Å². The molecule has 2 heterocycles. The van der Waals surface area contributed by atoms with Crippen LogP contribution in [-0.2, 0) is 25.7 Å². The van der Waals surface area contributed by atoms with E-state index in [2.05, 4.69) is 15.6 Å². The number of pyridine rings is 1. The van der Waals surface area contributed by atoms with Crippen LogP contribution < -0.4 is 16.4 Å². The third-order valence-corrected chi connectivity index (χ3v) is 6.35. The van der Waals surface area contributed by atoms with Crippen molar-refractivity contribution in [3.8, 4) is 0 Å². The molecule has 0 radical (unpaired) electrons. The Morgan fingerprint density at radius 2 is 1.83 bits per heavy atom. The van der Waals surface area contributed by atoms with Crippen LogP contribution in [0.2, 0.25) is 0 Å². The molecule has 1 saturated heterocycles. The van der Waals surface area contributed by atoms with Crippen molar-refractivity contribution in [3.05, 3.63) is 71.9 Å². The zero-order valence-corrected chi connectivity index (χ0v) is 23.5. The van der Waals surface area contributed by atoms with E-state index in [1.165, 1.54) is 0 Å². The van der Waals surface area contributed by atoms with Crippen molar-refractivity contribution in [2.75, 3.05) is 18.9 Å². The van der Waals surface area contributed by atoms with Gasteiger partial charge < -0.3 is 31.1 Å². The van der Waals surface area contributed by atoms with Gasteiger partial charge in [-0.2, -0.15) is 0 Å². The van der Waals surface area contributed by atoms with Crippen LogP contribution in [0.4, 0.5) is 10.6 Å². The molecular weight excluding hydrogens is 526 g/mol. The highest BCUT2D eigenvalue weighted by Gasteiger charge is 2.38. The van der Waals surface area contributed by atoms with Crippen LogP contribution in [0.3, 0.4) is 0 Å². The molecule has 0 bridgehead atoms. The Labute approximate surface area is 239 Å². The first-order chi connectivity index (χ1) is 19.6. The Hall–Kier alpha value is -4.67. The number of hydrogen-bond acceptors (Lipinski definition) is 7. The number of carbonyl (C=O) groups excluding carboxylic acids is 3. The van der Waals surface area contributed by atoms with Crippen LogP contribution in [0.1, 0.15) is 50.8 Å². The lowest BCUT2D eigenvalue weighted by molar-refractivity contribution is -0.140. The average Bonchev–Trinajstić information content (AvgIpc) is 3.44. The van der Waals surface area contributed by atoms with E-state index in [0.717, 1.165) is 23.3 Å². The van der Waals surface area contributed by atoms with Crippen molar-refractivity contribution in [2.45, 2.75) is 52.2 Å². The first kappa shape index (κ1) is 30.9. The first-order valence-electron chi connectivity index (χ1n) is 13.5. The normalized spacial score (nSPS) is 15.0. The smallest absolute Gasteiger partial charge is 0.408 e. The number of fused-ring (bicyclic) bond motifs is 1. The molecule has 4 rings (SSSR count). The molecule has 11 nitrogen and oxygen atoms in total. The average molecular weight is 564 g/mol. The Bertz CT molecular complexity index is 1360. The summed E-state index contributed by atoms with van der Waals surface area (Å²) in [7, 11) is 0. The van der Waals surface area contributed by atoms with Gasteiger partial charge in [-0.3, -0.25) is 14.4 Å². The van der Waals surface area contributed by atoms with Gasteiger partial charge in [-0.1, -0.05) is 56.3 Å². The van der Waals surface area contributed by atoms with Gasteiger partial charge >= 0.3 is 6.09 Å². The molecule has 1 aliphatic rings. The molecule has 3 aromatic rings. The number of nitrogens with zero attached hydrogens (tertiary/aromatic N) is 2. The largest absolute Gasteiger partial charge is 0.481 e. The first-order valence-corrected chi connectivity index (χ1v) is 13.5. The van der Waals surface area contributed by atoms with Crippen LogP contribution in [-0.4, -0.2) is 58.1 Å². The predicted molar refractivity (Wildman–Crippen MR) is 155 cm³/mol. The topological polar surface area (TPSA) is 164 Å². The fourth-order valence-electron chi connectivity index (χ4n) is 4.47. The second-order valence-corrected chi connectivity index (χ2v) is 10.2. The van der Waals surface area contributed by atoms with Gasteiger partial charge in [-0.15, -0.1) is 0 Å². The highest BCUT2D eigenvalue weighted by molar-refractivity contribution is 5.93. The summed E-state index contributed by atoms with van der Waals surface area (Å²) in [6, 6.07) is 15.1. The Kier molecular flexibility index (Phi) is 11.0. The van der Waals surface area contributed by atoms with E-state index in [-0.39, 0.29) is 24.3 Å².